The van der Waals surface area contributed by atoms with E-state index >= 15 is 0 Å². The SMILES string of the molecule is O=C(NNC(=O)c1cc(-c2ccco2)nc2ccccc12)c1cccc(-n2cnnn2)c1. The first-order chi connectivity index (χ1) is 15.7. The second-order valence-electron chi connectivity index (χ2n) is 6.76. The fourth-order valence-corrected chi connectivity index (χ4v) is 3.24. The molecule has 0 radical (unpaired) electrons. The third kappa shape index (κ3) is 3.67. The van der Waals surface area contributed by atoms with Gasteiger partial charge in [-0.15, -0.1) is 5.10 Å². The third-order valence-electron chi connectivity index (χ3n) is 4.75. The molecule has 156 valence electrons. The summed E-state index contributed by atoms with van der Waals surface area (Å²) >= 11 is 0. The smallest absolute Gasteiger partial charge is 0.270 e. The Morgan fingerprint density at radius 2 is 1.78 bits per heavy atom. The quantitative estimate of drug-likeness (QED) is 0.424. The number of fused-ring (bicyclic) bond motifs is 1. The van der Waals surface area contributed by atoms with Gasteiger partial charge in [0.1, 0.15) is 12.0 Å². The highest BCUT2D eigenvalue weighted by Crippen LogP contribution is 2.25. The highest BCUT2D eigenvalue weighted by Gasteiger charge is 2.16. The van der Waals surface area contributed by atoms with Crippen LogP contribution in [0.2, 0.25) is 0 Å². The maximum Gasteiger partial charge on any atom is 0.270 e. The highest BCUT2D eigenvalue weighted by atomic mass is 16.3. The van der Waals surface area contributed by atoms with Gasteiger partial charge in [-0.3, -0.25) is 20.4 Å². The molecule has 0 aliphatic heterocycles. The molecule has 32 heavy (non-hydrogen) atoms. The molecule has 2 amide bonds. The van der Waals surface area contributed by atoms with Crippen LogP contribution >= 0.6 is 0 Å². The predicted octanol–water partition coefficient (Wildman–Crippen LogP) is 2.55. The van der Waals surface area contributed by atoms with Crippen molar-refractivity contribution in [2.75, 3.05) is 0 Å². The number of nitrogens with zero attached hydrogens (tertiary/aromatic N) is 5. The standard InChI is InChI=1S/C22H15N7O3/c30-21(14-5-3-6-15(11-14)29-13-23-27-28-29)25-26-22(31)17-12-19(20-9-4-10-32-20)24-18-8-2-1-7-16(17)18/h1-13H,(H,25,30)(H,26,31). The van der Waals surface area contributed by atoms with Crippen LogP contribution in [0.15, 0.2) is 83.7 Å². The second kappa shape index (κ2) is 8.11. The van der Waals surface area contributed by atoms with Crippen LogP contribution in [-0.2, 0) is 0 Å². The molecule has 0 saturated carbocycles. The summed E-state index contributed by atoms with van der Waals surface area (Å²) < 4.78 is 6.85. The van der Waals surface area contributed by atoms with Crippen molar-refractivity contribution in [1.29, 1.82) is 0 Å². The van der Waals surface area contributed by atoms with Crippen molar-refractivity contribution in [2.24, 2.45) is 0 Å². The van der Waals surface area contributed by atoms with Crippen LogP contribution in [0.5, 0.6) is 0 Å². The summed E-state index contributed by atoms with van der Waals surface area (Å²) in [5.41, 5.74) is 7.35. The largest absolute Gasteiger partial charge is 0.463 e. The Labute approximate surface area is 180 Å². The Bertz CT molecular complexity index is 1410. The van der Waals surface area contributed by atoms with Crippen molar-refractivity contribution in [3.8, 4) is 17.1 Å². The molecule has 0 atom stereocenters. The minimum Gasteiger partial charge on any atom is -0.463 e. The van der Waals surface area contributed by atoms with Gasteiger partial charge in [0.05, 0.1) is 23.0 Å². The minimum atomic E-state index is -0.488. The zero-order chi connectivity index (χ0) is 21.9. The van der Waals surface area contributed by atoms with Crippen LogP contribution < -0.4 is 10.9 Å². The lowest BCUT2D eigenvalue weighted by Crippen LogP contribution is -2.41. The molecule has 10 heteroatoms. The number of para-hydroxylation sites is 1. The van der Waals surface area contributed by atoms with E-state index in [-0.39, 0.29) is 0 Å². The van der Waals surface area contributed by atoms with Crippen molar-refractivity contribution in [3.63, 3.8) is 0 Å². The van der Waals surface area contributed by atoms with E-state index in [0.29, 0.717) is 39.2 Å². The number of hydrogen-bond donors (Lipinski definition) is 2. The van der Waals surface area contributed by atoms with Crippen LogP contribution in [0.4, 0.5) is 0 Å². The summed E-state index contributed by atoms with van der Waals surface area (Å²) in [5.74, 6) is -0.437. The number of benzene rings is 2. The average Bonchev–Trinajstić information content (AvgIpc) is 3.56. The molecule has 5 rings (SSSR count). The average molecular weight is 425 g/mol. The normalized spacial score (nSPS) is 10.8. The van der Waals surface area contributed by atoms with Gasteiger partial charge in [-0.2, -0.15) is 0 Å². The molecule has 3 aromatic heterocycles. The Kier molecular flexibility index (Phi) is 4.85. The maximum atomic E-state index is 13.0. The number of hydrazine groups is 1. The Balaban J connectivity index is 1.39. The maximum absolute atomic E-state index is 13.0. The highest BCUT2D eigenvalue weighted by molar-refractivity contribution is 6.08. The number of carbonyl (C=O) groups excluding carboxylic acids is 2. The monoisotopic (exact) mass is 425 g/mol. The summed E-state index contributed by atoms with van der Waals surface area (Å²) in [6, 6.07) is 19.1. The summed E-state index contributed by atoms with van der Waals surface area (Å²) in [4.78, 5) is 30.1. The molecule has 0 bridgehead atoms. The van der Waals surface area contributed by atoms with Crippen LogP contribution in [0.3, 0.4) is 0 Å². The van der Waals surface area contributed by atoms with Gasteiger partial charge < -0.3 is 4.42 Å². The molecule has 2 aromatic carbocycles. The number of tetrazole rings is 1. The minimum absolute atomic E-state index is 0.328. The van der Waals surface area contributed by atoms with Gasteiger partial charge in [-0.05, 0) is 52.9 Å². The fraction of sp³-hybridized carbons (Fsp3) is 0. The van der Waals surface area contributed by atoms with Gasteiger partial charge >= 0.3 is 0 Å². The molecule has 0 saturated heterocycles. The summed E-state index contributed by atoms with van der Waals surface area (Å²) in [6.45, 7) is 0. The number of furan rings is 1. The first kappa shape index (κ1) is 19.1. The van der Waals surface area contributed by atoms with Gasteiger partial charge in [0.25, 0.3) is 11.8 Å². The van der Waals surface area contributed by atoms with E-state index in [2.05, 4.69) is 31.4 Å². The van der Waals surface area contributed by atoms with Crippen molar-refractivity contribution in [1.82, 2.24) is 36.0 Å². The van der Waals surface area contributed by atoms with E-state index in [4.69, 9.17) is 4.42 Å². The molecule has 3 heterocycles. The van der Waals surface area contributed by atoms with Gasteiger partial charge in [-0.1, -0.05) is 24.3 Å². The van der Waals surface area contributed by atoms with Crippen LogP contribution in [0.1, 0.15) is 20.7 Å². The van der Waals surface area contributed by atoms with E-state index in [1.807, 2.05) is 18.2 Å². The van der Waals surface area contributed by atoms with Crippen LogP contribution in [0, 0.1) is 0 Å². The molecule has 0 spiro atoms. The van der Waals surface area contributed by atoms with E-state index in [1.165, 1.54) is 17.3 Å². The Hall–Kier alpha value is -4.86. The number of nitrogens with one attached hydrogen (secondary N) is 2. The van der Waals surface area contributed by atoms with E-state index in [1.54, 1.807) is 48.5 Å². The number of hydrogen-bond acceptors (Lipinski definition) is 7. The summed E-state index contributed by atoms with van der Waals surface area (Å²) in [7, 11) is 0. The van der Waals surface area contributed by atoms with Gasteiger partial charge in [0.15, 0.2) is 5.76 Å². The van der Waals surface area contributed by atoms with Crippen molar-refractivity contribution < 1.29 is 14.0 Å². The van der Waals surface area contributed by atoms with Gasteiger partial charge in [0, 0.05) is 10.9 Å². The Morgan fingerprint density at radius 1 is 0.906 bits per heavy atom. The molecule has 0 fully saturated rings. The number of aromatic nitrogens is 5. The lowest BCUT2D eigenvalue weighted by atomic mass is 10.1. The topological polar surface area (TPSA) is 128 Å². The molecule has 0 aliphatic carbocycles. The zero-order valence-electron chi connectivity index (χ0n) is 16.5. The van der Waals surface area contributed by atoms with Crippen molar-refractivity contribution in [2.45, 2.75) is 0 Å². The van der Waals surface area contributed by atoms with Gasteiger partial charge in [0.2, 0.25) is 0 Å². The van der Waals surface area contributed by atoms with Crippen molar-refractivity contribution >= 4 is 22.7 Å². The van der Waals surface area contributed by atoms with Crippen LogP contribution in [-0.4, -0.2) is 37.0 Å². The molecule has 0 unspecified atom stereocenters. The molecular formula is C22H15N7O3. The lowest BCUT2D eigenvalue weighted by molar-refractivity contribution is 0.0847. The number of amides is 2. The van der Waals surface area contributed by atoms with E-state index in [9.17, 15) is 9.59 Å². The number of carbonyl (C=O) groups is 2. The van der Waals surface area contributed by atoms with Gasteiger partial charge in [-0.25, -0.2) is 9.67 Å². The third-order valence-corrected chi connectivity index (χ3v) is 4.75. The first-order valence-electron chi connectivity index (χ1n) is 9.57. The van der Waals surface area contributed by atoms with Crippen molar-refractivity contribution in [3.05, 3.63) is 90.4 Å². The summed E-state index contributed by atoms with van der Waals surface area (Å²) in [6.07, 6.45) is 2.96. The lowest BCUT2D eigenvalue weighted by Gasteiger charge is -2.11. The Morgan fingerprint density at radius 3 is 2.59 bits per heavy atom. The summed E-state index contributed by atoms with van der Waals surface area (Å²) in [5, 5.41) is 11.6. The zero-order valence-corrected chi connectivity index (χ0v) is 16.5. The molecule has 2 N–H and O–H groups in total. The van der Waals surface area contributed by atoms with Crippen LogP contribution in [0.25, 0.3) is 28.0 Å². The fourth-order valence-electron chi connectivity index (χ4n) is 3.24. The molecule has 0 aliphatic rings. The predicted molar refractivity (Wildman–Crippen MR) is 114 cm³/mol. The van der Waals surface area contributed by atoms with E-state index in [0.717, 1.165) is 0 Å². The molecular weight excluding hydrogens is 410 g/mol. The number of rotatable bonds is 4. The first-order valence-corrected chi connectivity index (χ1v) is 9.57. The number of pyridine rings is 1. The molecule has 5 aromatic rings. The van der Waals surface area contributed by atoms with E-state index < -0.39 is 11.8 Å². The molecule has 10 nitrogen and oxygen atoms in total. The second-order valence-corrected chi connectivity index (χ2v) is 6.76.